The van der Waals surface area contributed by atoms with Crippen molar-refractivity contribution < 1.29 is 14.3 Å². The van der Waals surface area contributed by atoms with Crippen molar-refractivity contribution in [1.82, 2.24) is 0 Å². The Labute approximate surface area is 94.4 Å². The Hall–Kier alpha value is -1.64. The lowest BCUT2D eigenvalue weighted by atomic mass is 9.75. The molecule has 0 bridgehead atoms. The highest BCUT2D eigenvalue weighted by Crippen LogP contribution is 2.37. The van der Waals surface area contributed by atoms with Crippen LogP contribution in [0.1, 0.15) is 24.0 Å². The van der Waals surface area contributed by atoms with E-state index < -0.39 is 5.92 Å². The maximum atomic E-state index is 11.8. The Morgan fingerprint density at radius 3 is 2.81 bits per heavy atom. The average Bonchev–Trinajstić information content (AvgIpc) is 2.29. The summed E-state index contributed by atoms with van der Waals surface area (Å²) in [6, 6.07) is 5.71. The van der Waals surface area contributed by atoms with Crippen molar-refractivity contribution in [2.24, 2.45) is 5.92 Å². The van der Waals surface area contributed by atoms with Crippen LogP contribution in [-0.2, 0) is 16.0 Å². The van der Waals surface area contributed by atoms with E-state index in [2.05, 4.69) is 0 Å². The van der Waals surface area contributed by atoms with Crippen LogP contribution in [0.4, 0.5) is 0 Å². The normalized spacial score (nSPS) is 23.8. The minimum absolute atomic E-state index is 0.0144. The van der Waals surface area contributed by atoms with Crippen molar-refractivity contribution in [2.45, 2.75) is 19.3 Å². The fourth-order valence-corrected chi connectivity index (χ4v) is 2.35. The molecule has 2 atom stereocenters. The summed E-state index contributed by atoms with van der Waals surface area (Å²) in [5.74, 6) is 0.171. The lowest BCUT2D eigenvalue weighted by Crippen LogP contribution is -2.29. The Kier molecular flexibility index (Phi) is 2.77. The third kappa shape index (κ3) is 1.52. The van der Waals surface area contributed by atoms with Crippen LogP contribution >= 0.6 is 0 Å². The second kappa shape index (κ2) is 4.08. The first kappa shape index (κ1) is 10.9. The first-order valence-electron chi connectivity index (χ1n) is 5.32. The monoisotopic (exact) mass is 218 g/mol. The van der Waals surface area contributed by atoms with E-state index in [0.29, 0.717) is 6.42 Å². The molecule has 2 rings (SSSR count). The zero-order valence-corrected chi connectivity index (χ0v) is 9.40. The fourth-order valence-electron chi connectivity index (χ4n) is 2.35. The van der Waals surface area contributed by atoms with Crippen LogP contribution in [0.3, 0.4) is 0 Å². The molecule has 1 aromatic carbocycles. The lowest BCUT2D eigenvalue weighted by molar-refractivity contribution is -0.128. The molecule has 0 saturated carbocycles. The number of fused-ring (bicyclic) bond motifs is 1. The molecule has 1 aliphatic carbocycles. The van der Waals surface area contributed by atoms with E-state index in [-0.39, 0.29) is 11.7 Å². The molecule has 0 fully saturated rings. The van der Waals surface area contributed by atoms with Gasteiger partial charge >= 0.3 is 0 Å². The van der Waals surface area contributed by atoms with Gasteiger partial charge in [-0.1, -0.05) is 19.1 Å². The molecule has 1 aromatic rings. The molecule has 0 saturated heterocycles. The van der Waals surface area contributed by atoms with Gasteiger partial charge in [-0.2, -0.15) is 0 Å². The van der Waals surface area contributed by atoms with E-state index in [1.807, 2.05) is 25.1 Å². The number of carbonyl (C=O) groups excluding carboxylic acids is 2. The summed E-state index contributed by atoms with van der Waals surface area (Å²) >= 11 is 0. The number of methoxy groups -OCH3 is 1. The van der Waals surface area contributed by atoms with E-state index >= 15 is 0 Å². The summed E-state index contributed by atoms with van der Waals surface area (Å²) < 4.78 is 5.24. The first-order chi connectivity index (χ1) is 7.69. The Bertz CT molecular complexity index is 437. The number of Topliss-reactive ketones (excluding diaryl/α,β-unsaturated/α-hetero) is 1. The average molecular weight is 218 g/mol. The molecule has 0 N–H and O–H groups in total. The molecule has 0 aromatic heterocycles. The maximum Gasteiger partial charge on any atom is 0.148 e. The van der Waals surface area contributed by atoms with Crippen LogP contribution in [0.25, 0.3) is 0 Å². The van der Waals surface area contributed by atoms with E-state index in [0.717, 1.165) is 23.2 Å². The summed E-state index contributed by atoms with van der Waals surface area (Å²) in [5, 5.41) is 0. The molecule has 1 aliphatic rings. The van der Waals surface area contributed by atoms with E-state index in [1.54, 1.807) is 7.11 Å². The van der Waals surface area contributed by atoms with Gasteiger partial charge in [0.15, 0.2) is 0 Å². The van der Waals surface area contributed by atoms with Crippen molar-refractivity contribution in [2.75, 3.05) is 7.11 Å². The molecular formula is C13H14O3. The molecule has 2 unspecified atom stereocenters. The quantitative estimate of drug-likeness (QED) is 0.561. The van der Waals surface area contributed by atoms with Crippen LogP contribution in [0.15, 0.2) is 18.2 Å². The zero-order valence-electron chi connectivity index (χ0n) is 9.40. The van der Waals surface area contributed by atoms with Gasteiger partial charge in [-0.25, -0.2) is 0 Å². The van der Waals surface area contributed by atoms with Gasteiger partial charge in [0.1, 0.15) is 17.8 Å². The predicted octanol–water partition coefficient (Wildman–Crippen LogP) is 1.74. The van der Waals surface area contributed by atoms with Gasteiger partial charge in [0.05, 0.1) is 13.0 Å². The first-order valence-corrected chi connectivity index (χ1v) is 5.32. The largest absolute Gasteiger partial charge is 0.496 e. The van der Waals surface area contributed by atoms with Gasteiger partial charge in [0.2, 0.25) is 0 Å². The minimum atomic E-state index is -0.500. The van der Waals surface area contributed by atoms with Gasteiger partial charge in [-0.05, 0) is 17.5 Å². The Balaban J connectivity index is 2.53. The van der Waals surface area contributed by atoms with Crippen molar-refractivity contribution in [3.63, 3.8) is 0 Å². The van der Waals surface area contributed by atoms with Gasteiger partial charge in [0, 0.05) is 12.0 Å². The summed E-state index contributed by atoms with van der Waals surface area (Å²) in [6.45, 7) is 1.91. The molecule has 0 radical (unpaired) electrons. The zero-order chi connectivity index (χ0) is 11.7. The standard InChI is InChI=1S/C13H14O3/c1-8-9-4-3-5-13(16-2)10(9)6-12(15)11(8)7-14/h3-5,7-8,11H,6H2,1-2H3. The second-order valence-electron chi connectivity index (χ2n) is 4.12. The molecule has 3 nitrogen and oxygen atoms in total. The van der Waals surface area contributed by atoms with Crippen molar-refractivity contribution in [3.05, 3.63) is 29.3 Å². The molecule has 0 spiro atoms. The smallest absolute Gasteiger partial charge is 0.148 e. The number of hydrogen-bond acceptors (Lipinski definition) is 3. The fraction of sp³-hybridized carbons (Fsp3) is 0.385. The van der Waals surface area contributed by atoms with Gasteiger partial charge < -0.3 is 9.53 Å². The van der Waals surface area contributed by atoms with Gasteiger partial charge in [-0.3, -0.25) is 4.79 Å². The molecule has 0 amide bonds. The van der Waals surface area contributed by atoms with Crippen LogP contribution < -0.4 is 4.74 Å². The topological polar surface area (TPSA) is 43.4 Å². The third-order valence-corrected chi connectivity index (χ3v) is 3.29. The second-order valence-corrected chi connectivity index (χ2v) is 4.12. The van der Waals surface area contributed by atoms with Crippen LogP contribution in [0.2, 0.25) is 0 Å². The van der Waals surface area contributed by atoms with Crippen molar-refractivity contribution >= 4 is 12.1 Å². The van der Waals surface area contributed by atoms with Crippen molar-refractivity contribution in [3.8, 4) is 5.75 Å². The summed E-state index contributed by atoms with van der Waals surface area (Å²) in [6.07, 6.45) is 1.06. The highest BCUT2D eigenvalue weighted by atomic mass is 16.5. The Morgan fingerprint density at radius 2 is 2.19 bits per heavy atom. The molecular weight excluding hydrogens is 204 g/mol. The molecule has 3 heteroatoms. The summed E-state index contributed by atoms with van der Waals surface area (Å²) in [4.78, 5) is 22.7. The number of hydrogen-bond donors (Lipinski definition) is 0. The molecule has 0 aliphatic heterocycles. The number of ketones is 1. The van der Waals surface area contributed by atoms with E-state index in [4.69, 9.17) is 4.74 Å². The lowest BCUT2D eigenvalue weighted by Gasteiger charge is -2.27. The number of ether oxygens (including phenoxy) is 1. The minimum Gasteiger partial charge on any atom is -0.496 e. The maximum absolute atomic E-state index is 11.8. The molecule has 0 heterocycles. The summed E-state index contributed by atoms with van der Waals surface area (Å²) in [7, 11) is 1.59. The van der Waals surface area contributed by atoms with Gasteiger partial charge in [-0.15, -0.1) is 0 Å². The number of benzene rings is 1. The van der Waals surface area contributed by atoms with E-state index in [9.17, 15) is 9.59 Å². The SMILES string of the molecule is COc1cccc2c1CC(=O)C(C=O)C2C. The summed E-state index contributed by atoms with van der Waals surface area (Å²) in [5.41, 5.74) is 1.98. The van der Waals surface area contributed by atoms with Crippen LogP contribution in [0, 0.1) is 5.92 Å². The van der Waals surface area contributed by atoms with Crippen LogP contribution in [-0.4, -0.2) is 19.2 Å². The highest BCUT2D eigenvalue weighted by Gasteiger charge is 2.33. The van der Waals surface area contributed by atoms with Crippen LogP contribution in [0.5, 0.6) is 5.75 Å². The number of aldehydes is 1. The van der Waals surface area contributed by atoms with E-state index in [1.165, 1.54) is 0 Å². The number of carbonyl (C=O) groups is 2. The molecule has 84 valence electrons. The Morgan fingerprint density at radius 1 is 1.44 bits per heavy atom. The van der Waals surface area contributed by atoms with Gasteiger partial charge in [0.25, 0.3) is 0 Å². The highest BCUT2D eigenvalue weighted by molar-refractivity contribution is 5.97. The third-order valence-electron chi connectivity index (χ3n) is 3.29. The molecule has 16 heavy (non-hydrogen) atoms. The number of rotatable bonds is 2. The predicted molar refractivity (Wildman–Crippen MR) is 59.7 cm³/mol. The van der Waals surface area contributed by atoms with Crippen molar-refractivity contribution in [1.29, 1.82) is 0 Å².